The van der Waals surface area contributed by atoms with E-state index in [0.29, 0.717) is 5.92 Å². The molecule has 0 saturated carbocycles. The molecule has 0 spiro atoms. The van der Waals surface area contributed by atoms with Crippen LogP contribution in [0, 0.1) is 5.92 Å². The van der Waals surface area contributed by atoms with Gasteiger partial charge >= 0.3 is 7.25 Å². The molecular formula is C17H24BNO2. The third-order valence-corrected chi connectivity index (χ3v) is 4.32. The Bertz CT molecular complexity index is 577. The largest absolute Gasteiger partial charge is 0.702 e. The van der Waals surface area contributed by atoms with Gasteiger partial charge in [-0.2, -0.15) is 0 Å². The van der Waals surface area contributed by atoms with Gasteiger partial charge in [-0.05, 0) is 16.9 Å². The molecule has 21 heavy (non-hydrogen) atoms. The van der Waals surface area contributed by atoms with Crippen LogP contribution in [0.15, 0.2) is 30.5 Å². The molecule has 1 fully saturated rings. The molecule has 0 N–H and O–H groups in total. The minimum Gasteiger partial charge on any atom is -0.514 e. The van der Waals surface area contributed by atoms with E-state index in [1.54, 1.807) is 0 Å². The van der Waals surface area contributed by atoms with E-state index in [1.807, 2.05) is 0 Å². The molecule has 1 atom stereocenters. The van der Waals surface area contributed by atoms with E-state index in [9.17, 15) is 0 Å². The Hall–Kier alpha value is -1.42. The van der Waals surface area contributed by atoms with Crippen molar-refractivity contribution in [2.75, 3.05) is 0 Å². The molecule has 1 saturated heterocycles. The zero-order valence-electron chi connectivity index (χ0n) is 13.6. The van der Waals surface area contributed by atoms with Crippen LogP contribution >= 0.6 is 0 Å². The highest BCUT2D eigenvalue weighted by Crippen LogP contribution is 2.41. The molecule has 0 radical (unpaired) electrons. The summed E-state index contributed by atoms with van der Waals surface area (Å²) in [6.45, 7) is 16.0. The monoisotopic (exact) mass is 285 g/mol. The number of hydrogen-bond donors (Lipinski definition) is 0. The summed E-state index contributed by atoms with van der Waals surface area (Å²) >= 11 is 0. The molecule has 1 aromatic rings. The van der Waals surface area contributed by atoms with E-state index < -0.39 is 0 Å². The average Bonchev–Trinajstić information content (AvgIpc) is 2.68. The molecule has 0 aliphatic carbocycles. The van der Waals surface area contributed by atoms with Gasteiger partial charge in [0.05, 0.1) is 11.8 Å². The lowest BCUT2D eigenvalue weighted by Gasteiger charge is -2.34. The standard InChI is InChI=1S/C17H24BNO2/c1-11(2)15-12(3)20-18-19(15)10-13-8-7-9-14(16(13)21-18)17(4,5)6/h7-9,11,15H,3,10H2,1-2,4-6H3. The van der Waals surface area contributed by atoms with Crippen LogP contribution in [0.3, 0.4) is 0 Å². The summed E-state index contributed by atoms with van der Waals surface area (Å²) in [7, 11) is -0.333. The van der Waals surface area contributed by atoms with Gasteiger partial charge in [0.25, 0.3) is 0 Å². The van der Waals surface area contributed by atoms with Crippen molar-refractivity contribution in [1.29, 1.82) is 0 Å². The van der Waals surface area contributed by atoms with Crippen LogP contribution in [0.5, 0.6) is 5.75 Å². The highest BCUT2D eigenvalue weighted by Gasteiger charge is 2.51. The maximum absolute atomic E-state index is 6.21. The number of nitrogens with zero attached hydrogens (tertiary/aromatic N) is 1. The first kappa shape index (κ1) is 14.5. The maximum atomic E-state index is 6.21. The third-order valence-electron chi connectivity index (χ3n) is 4.32. The van der Waals surface area contributed by atoms with Gasteiger partial charge in [-0.3, -0.25) is 4.81 Å². The number of para-hydroxylation sites is 1. The zero-order valence-corrected chi connectivity index (χ0v) is 13.6. The van der Waals surface area contributed by atoms with Crippen molar-refractivity contribution in [2.45, 2.75) is 52.6 Å². The Kier molecular flexibility index (Phi) is 3.32. The molecule has 2 aliphatic heterocycles. The fourth-order valence-electron chi connectivity index (χ4n) is 3.34. The highest BCUT2D eigenvalue weighted by atomic mass is 16.6. The van der Waals surface area contributed by atoms with Crippen molar-refractivity contribution in [1.82, 2.24) is 4.81 Å². The SMILES string of the molecule is C=C1OB2Oc3c(cccc3C(C)(C)C)CN2C1C(C)C. The van der Waals surface area contributed by atoms with Crippen molar-refractivity contribution in [3.63, 3.8) is 0 Å². The number of benzene rings is 1. The first-order valence-corrected chi connectivity index (χ1v) is 7.69. The minimum atomic E-state index is -0.333. The summed E-state index contributed by atoms with van der Waals surface area (Å²) in [5, 5.41) is 0. The lowest BCUT2D eigenvalue weighted by Crippen LogP contribution is -2.48. The summed E-state index contributed by atoms with van der Waals surface area (Å²) in [6, 6.07) is 6.65. The molecule has 112 valence electrons. The Balaban J connectivity index is 2.00. The summed E-state index contributed by atoms with van der Waals surface area (Å²) in [5.74, 6) is 2.27. The van der Waals surface area contributed by atoms with Crippen LogP contribution in [-0.4, -0.2) is 18.1 Å². The normalized spacial score (nSPS) is 21.9. The van der Waals surface area contributed by atoms with Crippen molar-refractivity contribution in [3.8, 4) is 5.75 Å². The zero-order chi connectivity index (χ0) is 15.4. The first-order valence-electron chi connectivity index (χ1n) is 7.69. The van der Waals surface area contributed by atoms with E-state index in [2.05, 4.69) is 64.2 Å². The van der Waals surface area contributed by atoms with Gasteiger partial charge in [-0.1, -0.05) is 59.4 Å². The van der Waals surface area contributed by atoms with Crippen LogP contribution in [0.4, 0.5) is 0 Å². The van der Waals surface area contributed by atoms with Crippen LogP contribution < -0.4 is 4.65 Å². The number of rotatable bonds is 1. The molecule has 2 aliphatic rings. The van der Waals surface area contributed by atoms with Crippen molar-refractivity contribution >= 4 is 7.25 Å². The van der Waals surface area contributed by atoms with Gasteiger partial charge in [0.1, 0.15) is 5.75 Å². The van der Waals surface area contributed by atoms with Crippen molar-refractivity contribution in [2.24, 2.45) is 5.92 Å². The molecule has 0 aromatic heterocycles. The van der Waals surface area contributed by atoms with Crippen LogP contribution in [0.2, 0.25) is 0 Å². The Morgan fingerprint density at radius 3 is 2.62 bits per heavy atom. The Labute approximate surface area is 128 Å². The molecule has 1 aromatic carbocycles. The summed E-state index contributed by atoms with van der Waals surface area (Å²) in [6.07, 6.45) is 0. The van der Waals surface area contributed by atoms with Crippen molar-refractivity contribution in [3.05, 3.63) is 41.7 Å². The lowest BCUT2D eigenvalue weighted by atomic mass is 9.83. The predicted octanol–water partition coefficient (Wildman–Crippen LogP) is 3.73. The number of fused-ring (bicyclic) bond motifs is 2. The Morgan fingerprint density at radius 1 is 1.29 bits per heavy atom. The van der Waals surface area contributed by atoms with Gasteiger partial charge < -0.3 is 9.31 Å². The van der Waals surface area contributed by atoms with Gasteiger partial charge in [0.2, 0.25) is 0 Å². The summed E-state index contributed by atoms with van der Waals surface area (Å²) in [5.41, 5.74) is 2.53. The van der Waals surface area contributed by atoms with E-state index in [4.69, 9.17) is 9.31 Å². The van der Waals surface area contributed by atoms with E-state index in [1.165, 1.54) is 11.1 Å². The quantitative estimate of drug-likeness (QED) is 0.734. The summed E-state index contributed by atoms with van der Waals surface area (Å²) < 4.78 is 12.1. The molecule has 3 nitrogen and oxygen atoms in total. The highest BCUT2D eigenvalue weighted by molar-refractivity contribution is 6.44. The molecule has 0 amide bonds. The van der Waals surface area contributed by atoms with Gasteiger partial charge in [0, 0.05) is 12.1 Å². The average molecular weight is 285 g/mol. The molecule has 4 heteroatoms. The topological polar surface area (TPSA) is 21.7 Å². The lowest BCUT2D eigenvalue weighted by molar-refractivity contribution is 0.257. The first-order chi connectivity index (χ1) is 9.79. The second-order valence-electron chi connectivity index (χ2n) is 7.41. The van der Waals surface area contributed by atoms with E-state index in [0.717, 1.165) is 18.1 Å². The van der Waals surface area contributed by atoms with E-state index >= 15 is 0 Å². The second kappa shape index (κ2) is 4.80. The van der Waals surface area contributed by atoms with E-state index in [-0.39, 0.29) is 18.7 Å². The molecule has 3 rings (SSSR count). The number of hydrogen-bond acceptors (Lipinski definition) is 3. The smallest absolute Gasteiger partial charge is 0.514 e. The fraction of sp³-hybridized carbons (Fsp3) is 0.529. The van der Waals surface area contributed by atoms with Gasteiger partial charge in [-0.15, -0.1) is 0 Å². The molecule has 1 unspecified atom stereocenters. The fourth-order valence-corrected chi connectivity index (χ4v) is 3.34. The van der Waals surface area contributed by atoms with Gasteiger partial charge in [-0.25, -0.2) is 0 Å². The summed E-state index contributed by atoms with van der Waals surface area (Å²) in [4.78, 5) is 2.27. The van der Waals surface area contributed by atoms with Crippen LogP contribution in [-0.2, 0) is 16.6 Å². The van der Waals surface area contributed by atoms with Crippen molar-refractivity contribution < 1.29 is 9.31 Å². The van der Waals surface area contributed by atoms with Gasteiger partial charge in [0.15, 0.2) is 0 Å². The Morgan fingerprint density at radius 2 is 2.00 bits per heavy atom. The molecular weight excluding hydrogens is 261 g/mol. The molecule has 0 bridgehead atoms. The van der Waals surface area contributed by atoms with Crippen LogP contribution in [0.25, 0.3) is 0 Å². The maximum Gasteiger partial charge on any atom is 0.702 e. The second-order valence-corrected chi connectivity index (χ2v) is 7.41. The molecule has 2 heterocycles. The predicted molar refractivity (Wildman–Crippen MR) is 85.9 cm³/mol. The van der Waals surface area contributed by atoms with Crippen LogP contribution in [0.1, 0.15) is 45.7 Å². The minimum absolute atomic E-state index is 0.0561. The third kappa shape index (κ3) is 2.36.